The number of benzene rings is 3. The molecule has 0 aliphatic rings. The Morgan fingerprint density at radius 3 is 2.07 bits per heavy atom. The molecule has 3 aromatic carbocycles. The number of hydrogen-bond acceptors (Lipinski definition) is 5. The smallest absolute Gasteiger partial charge is 0.254 e. The van der Waals surface area contributed by atoms with E-state index < -0.39 is 15.7 Å². The standard InChI is InChI=1S/C22H16N2O4S/c23-22(25)19-20(24-28-21(19)15-9-3-1-4-10-15)17-13-7-8-14-18(17)29(26,27)16-11-5-2-6-12-16/h1-14H,(H2,23,25). The van der Waals surface area contributed by atoms with E-state index in [4.69, 9.17) is 10.3 Å². The Labute approximate surface area is 167 Å². The number of hydrogen-bond donors (Lipinski definition) is 1. The summed E-state index contributed by atoms with van der Waals surface area (Å²) in [5, 5.41) is 4.01. The monoisotopic (exact) mass is 404 g/mol. The lowest BCUT2D eigenvalue weighted by atomic mass is 10.0. The first kappa shape index (κ1) is 18.6. The minimum absolute atomic E-state index is 0.0154. The summed E-state index contributed by atoms with van der Waals surface area (Å²) in [6.07, 6.45) is 0. The van der Waals surface area contributed by atoms with Crippen molar-refractivity contribution in [2.45, 2.75) is 9.79 Å². The van der Waals surface area contributed by atoms with Gasteiger partial charge in [0, 0.05) is 11.1 Å². The third-order valence-corrected chi connectivity index (χ3v) is 6.29. The fourth-order valence-corrected chi connectivity index (χ4v) is 4.59. The van der Waals surface area contributed by atoms with Gasteiger partial charge in [-0.2, -0.15) is 0 Å². The maximum absolute atomic E-state index is 13.2. The molecular weight excluding hydrogens is 388 g/mol. The molecule has 0 atom stereocenters. The average Bonchev–Trinajstić information content (AvgIpc) is 3.20. The third kappa shape index (κ3) is 3.32. The lowest BCUT2D eigenvalue weighted by molar-refractivity contribution is 0.100. The summed E-state index contributed by atoms with van der Waals surface area (Å²) in [6, 6.07) is 23.3. The molecule has 6 nitrogen and oxygen atoms in total. The minimum Gasteiger partial charge on any atom is -0.365 e. The van der Waals surface area contributed by atoms with E-state index in [2.05, 4.69) is 5.16 Å². The number of sulfone groups is 1. The second-order valence-corrected chi connectivity index (χ2v) is 8.20. The van der Waals surface area contributed by atoms with Gasteiger partial charge in [-0.15, -0.1) is 0 Å². The predicted molar refractivity (Wildman–Crippen MR) is 108 cm³/mol. The van der Waals surface area contributed by atoms with E-state index in [-0.39, 0.29) is 32.4 Å². The first-order valence-corrected chi connectivity index (χ1v) is 10.2. The van der Waals surface area contributed by atoms with Gasteiger partial charge in [-0.25, -0.2) is 8.42 Å². The van der Waals surface area contributed by atoms with Gasteiger partial charge < -0.3 is 10.3 Å². The van der Waals surface area contributed by atoms with Crippen LogP contribution >= 0.6 is 0 Å². The molecule has 1 aromatic heterocycles. The van der Waals surface area contributed by atoms with Crippen LogP contribution in [0.15, 0.2) is 99.2 Å². The van der Waals surface area contributed by atoms with E-state index in [0.717, 1.165) is 0 Å². The molecule has 0 fully saturated rings. The molecule has 0 radical (unpaired) electrons. The van der Waals surface area contributed by atoms with Crippen molar-refractivity contribution < 1.29 is 17.7 Å². The maximum atomic E-state index is 13.2. The molecule has 1 amide bonds. The van der Waals surface area contributed by atoms with Gasteiger partial charge in [0.1, 0.15) is 11.3 Å². The van der Waals surface area contributed by atoms with E-state index in [0.29, 0.717) is 5.56 Å². The predicted octanol–water partition coefficient (Wildman–Crippen LogP) is 3.94. The van der Waals surface area contributed by atoms with E-state index in [9.17, 15) is 13.2 Å². The highest BCUT2D eigenvalue weighted by molar-refractivity contribution is 7.91. The molecule has 4 rings (SSSR count). The first-order valence-electron chi connectivity index (χ1n) is 8.74. The Hall–Kier alpha value is -3.71. The van der Waals surface area contributed by atoms with Gasteiger partial charge >= 0.3 is 0 Å². The highest BCUT2D eigenvalue weighted by atomic mass is 32.2. The molecule has 0 aliphatic carbocycles. The van der Waals surface area contributed by atoms with Crippen LogP contribution in [0.4, 0.5) is 0 Å². The minimum atomic E-state index is -3.85. The van der Waals surface area contributed by atoms with Gasteiger partial charge in [-0.05, 0) is 18.2 Å². The van der Waals surface area contributed by atoms with Crippen LogP contribution in [0.2, 0.25) is 0 Å². The number of carbonyl (C=O) groups excluding carboxylic acids is 1. The summed E-state index contributed by atoms with van der Waals surface area (Å²) in [5.41, 5.74) is 6.60. The summed E-state index contributed by atoms with van der Waals surface area (Å²) in [4.78, 5) is 12.4. The molecule has 0 saturated heterocycles. The molecular formula is C22H16N2O4S. The van der Waals surface area contributed by atoms with Crippen molar-refractivity contribution in [2.75, 3.05) is 0 Å². The molecule has 29 heavy (non-hydrogen) atoms. The normalized spacial score (nSPS) is 11.3. The molecule has 0 unspecified atom stereocenters. The van der Waals surface area contributed by atoms with Gasteiger partial charge in [0.15, 0.2) is 5.76 Å². The van der Waals surface area contributed by atoms with Crippen LogP contribution < -0.4 is 5.73 Å². The van der Waals surface area contributed by atoms with Crippen LogP contribution in [0.5, 0.6) is 0 Å². The van der Waals surface area contributed by atoms with Crippen LogP contribution in [0.3, 0.4) is 0 Å². The topological polar surface area (TPSA) is 103 Å². The largest absolute Gasteiger partial charge is 0.365 e. The maximum Gasteiger partial charge on any atom is 0.254 e. The third-order valence-electron chi connectivity index (χ3n) is 4.46. The number of amides is 1. The number of nitrogens with two attached hydrogens (primary N) is 1. The number of primary amides is 1. The zero-order valence-electron chi connectivity index (χ0n) is 15.1. The number of nitrogens with zero attached hydrogens (tertiary/aromatic N) is 1. The van der Waals surface area contributed by atoms with Crippen molar-refractivity contribution in [3.63, 3.8) is 0 Å². The van der Waals surface area contributed by atoms with Crippen LogP contribution in [0.1, 0.15) is 10.4 Å². The Morgan fingerprint density at radius 1 is 0.828 bits per heavy atom. The molecule has 2 N–H and O–H groups in total. The molecule has 0 bridgehead atoms. The van der Waals surface area contributed by atoms with Gasteiger partial charge in [-0.1, -0.05) is 71.9 Å². The summed E-state index contributed by atoms with van der Waals surface area (Å²) < 4.78 is 31.8. The van der Waals surface area contributed by atoms with Crippen LogP contribution in [0, 0.1) is 0 Å². The Morgan fingerprint density at radius 2 is 1.41 bits per heavy atom. The molecule has 0 aliphatic heterocycles. The van der Waals surface area contributed by atoms with E-state index in [1.807, 2.05) is 6.07 Å². The van der Waals surface area contributed by atoms with E-state index in [1.54, 1.807) is 60.7 Å². The highest BCUT2D eigenvalue weighted by Crippen LogP contribution is 2.36. The van der Waals surface area contributed by atoms with Crippen LogP contribution in [-0.2, 0) is 9.84 Å². The fourth-order valence-electron chi connectivity index (χ4n) is 3.11. The molecule has 144 valence electrons. The van der Waals surface area contributed by atoms with Crippen molar-refractivity contribution in [3.05, 3.63) is 90.5 Å². The SMILES string of the molecule is NC(=O)c1c(-c2ccccc2S(=O)(=O)c2ccccc2)noc1-c1ccccc1. The summed E-state index contributed by atoms with van der Waals surface area (Å²) >= 11 is 0. The van der Waals surface area contributed by atoms with Crippen molar-refractivity contribution in [2.24, 2.45) is 5.73 Å². The highest BCUT2D eigenvalue weighted by Gasteiger charge is 2.28. The number of aromatic nitrogens is 1. The average molecular weight is 404 g/mol. The second-order valence-electron chi connectivity index (χ2n) is 6.28. The molecule has 0 saturated carbocycles. The zero-order chi connectivity index (χ0) is 20.4. The van der Waals surface area contributed by atoms with Crippen LogP contribution in [-0.4, -0.2) is 19.5 Å². The van der Waals surface area contributed by atoms with Crippen molar-refractivity contribution in [1.29, 1.82) is 0 Å². The fraction of sp³-hybridized carbons (Fsp3) is 0. The number of rotatable bonds is 5. The molecule has 7 heteroatoms. The lowest BCUT2D eigenvalue weighted by Crippen LogP contribution is -2.13. The second kappa shape index (κ2) is 7.37. The lowest BCUT2D eigenvalue weighted by Gasteiger charge is -2.09. The Kier molecular flexibility index (Phi) is 4.74. The van der Waals surface area contributed by atoms with Gasteiger partial charge in [-0.3, -0.25) is 4.79 Å². The van der Waals surface area contributed by atoms with Crippen molar-refractivity contribution in [3.8, 4) is 22.6 Å². The summed E-state index contributed by atoms with van der Waals surface area (Å²) in [7, 11) is -3.85. The molecule has 1 heterocycles. The Balaban J connectivity index is 1.95. The van der Waals surface area contributed by atoms with E-state index >= 15 is 0 Å². The van der Waals surface area contributed by atoms with Crippen LogP contribution in [0.25, 0.3) is 22.6 Å². The zero-order valence-corrected chi connectivity index (χ0v) is 16.0. The molecule has 0 spiro atoms. The quantitative estimate of drug-likeness (QED) is 0.543. The molecule has 4 aromatic rings. The number of carbonyl (C=O) groups is 1. The van der Waals surface area contributed by atoms with Gasteiger partial charge in [0.05, 0.1) is 9.79 Å². The van der Waals surface area contributed by atoms with E-state index in [1.165, 1.54) is 18.2 Å². The Bertz CT molecular complexity index is 1280. The van der Waals surface area contributed by atoms with Crippen molar-refractivity contribution >= 4 is 15.7 Å². The van der Waals surface area contributed by atoms with Gasteiger partial charge in [0.2, 0.25) is 9.84 Å². The van der Waals surface area contributed by atoms with Crippen molar-refractivity contribution in [1.82, 2.24) is 5.16 Å². The van der Waals surface area contributed by atoms with Gasteiger partial charge in [0.25, 0.3) is 5.91 Å². The summed E-state index contributed by atoms with van der Waals surface area (Å²) in [5.74, 6) is -0.563. The first-order chi connectivity index (χ1) is 14.0. The summed E-state index contributed by atoms with van der Waals surface area (Å²) in [6.45, 7) is 0.